The summed E-state index contributed by atoms with van der Waals surface area (Å²) >= 11 is 0. The molecule has 1 rings (SSSR count). The molecule has 0 aromatic heterocycles. The minimum Gasteiger partial charge on any atom is -0.480 e. The Morgan fingerprint density at radius 1 is 1.54 bits per heavy atom. The zero-order chi connectivity index (χ0) is 10.0. The summed E-state index contributed by atoms with van der Waals surface area (Å²) in [4.78, 5) is 12.4. The number of nitrogens with zero attached hydrogens (tertiary/aromatic N) is 1. The number of aliphatic hydroxyl groups excluding tert-OH is 1. The number of carboxylic acid groups (broad SMARTS) is 1. The Labute approximate surface area is 78.2 Å². The molecule has 0 spiro atoms. The van der Waals surface area contributed by atoms with Crippen molar-refractivity contribution in [2.75, 3.05) is 7.05 Å². The van der Waals surface area contributed by atoms with Crippen LogP contribution in [0, 0.1) is 0 Å². The molecular weight excluding hydrogens is 170 g/mol. The number of carbonyl (C=O) groups is 1. The molecule has 1 fully saturated rings. The van der Waals surface area contributed by atoms with Gasteiger partial charge in [-0.25, -0.2) is 0 Å². The topological polar surface area (TPSA) is 60.8 Å². The van der Waals surface area contributed by atoms with Crippen LogP contribution in [-0.2, 0) is 4.79 Å². The van der Waals surface area contributed by atoms with E-state index in [4.69, 9.17) is 5.11 Å². The number of aliphatic carboxylic acids is 1. The molecule has 13 heavy (non-hydrogen) atoms. The van der Waals surface area contributed by atoms with Crippen LogP contribution in [0.3, 0.4) is 0 Å². The van der Waals surface area contributed by atoms with Crippen molar-refractivity contribution in [2.24, 2.45) is 0 Å². The standard InChI is InChI=1S/C9H17NO3/c1-6(9(12)13)10(2)7-4-3-5-8(7)11/h6-8,11H,3-5H2,1-2H3,(H,12,13). The summed E-state index contributed by atoms with van der Waals surface area (Å²) in [6.45, 7) is 1.65. The molecule has 4 heteroatoms. The van der Waals surface area contributed by atoms with Crippen molar-refractivity contribution in [3.05, 3.63) is 0 Å². The van der Waals surface area contributed by atoms with E-state index in [1.54, 1.807) is 18.9 Å². The van der Waals surface area contributed by atoms with E-state index in [2.05, 4.69) is 0 Å². The van der Waals surface area contributed by atoms with Gasteiger partial charge in [0.15, 0.2) is 0 Å². The van der Waals surface area contributed by atoms with Crippen molar-refractivity contribution in [1.82, 2.24) is 4.90 Å². The van der Waals surface area contributed by atoms with Gasteiger partial charge < -0.3 is 10.2 Å². The van der Waals surface area contributed by atoms with E-state index in [0.717, 1.165) is 19.3 Å². The van der Waals surface area contributed by atoms with Crippen molar-refractivity contribution in [3.8, 4) is 0 Å². The van der Waals surface area contributed by atoms with Gasteiger partial charge in [-0.3, -0.25) is 9.69 Å². The molecule has 0 aliphatic heterocycles. The van der Waals surface area contributed by atoms with Gasteiger partial charge in [-0.05, 0) is 33.2 Å². The fourth-order valence-electron chi connectivity index (χ4n) is 1.86. The third-order valence-electron chi connectivity index (χ3n) is 2.94. The summed E-state index contributed by atoms with van der Waals surface area (Å²) in [7, 11) is 1.76. The summed E-state index contributed by atoms with van der Waals surface area (Å²) in [5.74, 6) is -0.832. The minimum absolute atomic E-state index is 0.0195. The molecule has 1 aliphatic carbocycles. The van der Waals surface area contributed by atoms with Crippen molar-refractivity contribution in [1.29, 1.82) is 0 Å². The molecule has 0 aromatic rings. The molecule has 1 saturated carbocycles. The fourth-order valence-corrected chi connectivity index (χ4v) is 1.86. The van der Waals surface area contributed by atoms with Crippen LogP contribution < -0.4 is 0 Å². The quantitative estimate of drug-likeness (QED) is 0.667. The maximum atomic E-state index is 10.7. The second-order valence-electron chi connectivity index (χ2n) is 3.75. The smallest absolute Gasteiger partial charge is 0.320 e. The zero-order valence-electron chi connectivity index (χ0n) is 8.10. The van der Waals surface area contributed by atoms with Crippen LogP contribution in [0.15, 0.2) is 0 Å². The van der Waals surface area contributed by atoms with Gasteiger partial charge in [-0.2, -0.15) is 0 Å². The van der Waals surface area contributed by atoms with E-state index in [1.165, 1.54) is 0 Å². The van der Waals surface area contributed by atoms with E-state index in [1.807, 2.05) is 0 Å². The first-order chi connectivity index (χ1) is 6.04. The van der Waals surface area contributed by atoms with Gasteiger partial charge in [-0.15, -0.1) is 0 Å². The first kappa shape index (κ1) is 10.5. The van der Waals surface area contributed by atoms with Gasteiger partial charge >= 0.3 is 5.97 Å². The van der Waals surface area contributed by atoms with Gasteiger partial charge in [0.1, 0.15) is 6.04 Å². The highest BCUT2D eigenvalue weighted by Crippen LogP contribution is 2.24. The average molecular weight is 187 g/mol. The van der Waals surface area contributed by atoms with Crippen LogP contribution in [0.5, 0.6) is 0 Å². The van der Waals surface area contributed by atoms with Crippen LogP contribution in [0.1, 0.15) is 26.2 Å². The van der Waals surface area contributed by atoms with E-state index < -0.39 is 12.0 Å². The number of hydrogen-bond donors (Lipinski definition) is 2. The van der Waals surface area contributed by atoms with Crippen LogP contribution >= 0.6 is 0 Å². The van der Waals surface area contributed by atoms with Crippen molar-refractivity contribution in [3.63, 3.8) is 0 Å². The van der Waals surface area contributed by atoms with Crippen LogP contribution in [-0.4, -0.2) is 46.3 Å². The number of aliphatic hydroxyl groups is 1. The molecule has 0 bridgehead atoms. The second kappa shape index (κ2) is 4.07. The maximum absolute atomic E-state index is 10.7. The Kier molecular flexibility index (Phi) is 3.27. The Hall–Kier alpha value is -0.610. The molecule has 0 amide bonds. The van der Waals surface area contributed by atoms with Crippen LogP contribution in [0.25, 0.3) is 0 Å². The summed E-state index contributed by atoms with van der Waals surface area (Å²) in [6, 6.07) is -0.496. The predicted octanol–water partition coefficient (Wildman–Crippen LogP) is 0.305. The van der Waals surface area contributed by atoms with E-state index in [9.17, 15) is 9.90 Å². The molecule has 0 saturated heterocycles. The van der Waals surface area contributed by atoms with Crippen molar-refractivity contribution in [2.45, 2.75) is 44.4 Å². The number of rotatable bonds is 3. The van der Waals surface area contributed by atoms with E-state index in [0.29, 0.717) is 0 Å². The van der Waals surface area contributed by atoms with E-state index in [-0.39, 0.29) is 12.1 Å². The lowest BCUT2D eigenvalue weighted by Gasteiger charge is -2.29. The summed E-state index contributed by atoms with van der Waals surface area (Å²) in [6.07, 6.45) is 2.32. The van der Waals surface area contributed by atoms with Crippen LogP contribution in [0.4, 0.5) is 0 Å². The lowest BCUT2D eigenvalue weighted by molar-refractivity contribution is -0.143. The first-order valence-corrected chi connectivity index (χ1v) is 4.67. The Morgan fingerprint density at radius 2 is 2.15 bits per heavy atom. The normalized spacial score (nSPS) is 30.8. The van der Waals surface area contributed by atoms with Gasteiger partial charge in [0, 0.05) is 6.04 Å². The largest absolute Gasteiger partial charge is 0.480 e. The van der Waals surface area contributed by atoms with Gasteiger partial charge in [-0.1, -0.05) is 0 Å². The fraction of sp³-hybridized carbons (Fsp3) is 0.889. The van der Waals surface area contributed by atoms with Crippen molar-refractivity contribution >= 4 is 5.97 Å². The summed E-state index contributed by atoms with van der Waals surface area (Å²) in [5.41, 5.74) is 0. The minimum atomic E-state index is -0.832. The zero-order valence-corrected chi connectivity index (χ0v) is 8.10. The molecule has 1 aliphatic rings. The molecule has 76 valence electrons. The third-order valence-corrected chi connectivity index (χ3v) is 2.94. The average Bonchev–Trinajstić information content (AvgIpc) is 2.48. The lowest BCUT2D eigenvalue weighted by Crippen LogP contribution is -2.46. The van der Waals surface area contributed by atoms with Crippen molar-refractivity contribution < 1.29 is 15.0 Å². The number of hydrogen-bond acceptors (Lipinski definition) is 3. The molecule has 2 N–H and O–H groups in total. The monoisotopic (exact) mass is 187 g/mol. The summed E-state index contributed by atoms with van der Waals surface area (Å²) in [5, 5.41) is 18.3. The highest BCUT2D eigenvalue weighted by molar-refractivity contribution is 5.72. The first-order valence-electron chi connectivity index (χ1n) is 4.67. The van der Waals surface area contributed by atoms with E-state index >= 15 is 0 Å². The lowest BCUT2D eigenvalue weighted by atomic mass is 10.1. The maximum Gasteiger partial charge on any atom is 0.320 e. The molecule has 3 unspecified atom stereocenters. The highest BCUT2D eigenvalue weighted by atomic mass is 16.4. The number of carboxylic acids is 1. The Balaban J connectivity index is 2.55. The molecule has 3 atom stereocenters. The predicted molar refractivity (Wildman–Crippen MR) is 48.5 cm³/mol. The summed E-state index contributed by atoms with van der Waals surface area (Å²) < 4.78 is 0. The van der Waals surface area contributed by atoms with Crippen LogP contribution in [0.2, 0.25) is 0 Å². The Morgan fingerprint density at radius 3 is 2.54 bits per heavy atom. The molecule has 0 aromatic carbocycles. The molecule has 0 radical (unpaired) electrons. The van der Waals surface area contributed by atoms with Gasteiger partial charge in [0.05, 0.1) is 6.10 Å². The van der Waals surface area contributed by atoms with Gasteiger partial charge in [0.2, 0.25) is 0 Å². The molecule has 4 nitrogen and oxygen atoms in total. The van der Waals surface area contributed by atoms with Gasteiger partial charge in [0.25, 0.3) is 0 Å². The molecular formula is C9H17NO3. The SMILES string of the molecule is CC(C(=O)O)N(C)C1CCCC1O. The highest BCUT2D eigenvalue weighted by Gasteiger charge is 2.32. The Bertz CT molecular complexity index is 195. The number of likely N-dealkylation sites (N-methyl/N-ethyl adjacent to an activating group) is 1. The molecule has 0 heterocycles. The second-order valence-corrected chi connectivity index (χ2v) is 3.75. The third kappa shape index (κ3) is 2.19.